The van der Waals surface area contributed by atoms with Crippen LogP contribution in [0.15, 0.2) is 52.9 Å². The molecule has 1 unspecified atom stereocenters. The van der Waals surface area contributed by atoms with Crippen LogP contribution in [-0.2, 0) is 9.53 Å². The maximum Gasteiger partial charge on any atom is 0.338 e. The average molecular weight is 393 g/mol. The lowest BCUT2D eigenvalue weighted by Crippen LogP contribution is -2.36. The van der Waals surface area contributed by atoms with Gasteiger partial charge in [0.25, 0.3) is 5.91 Å². The fourth-order valence-corrected chi connectivity index (χ4v) is 2.58. The van der Waals surface area contributed by atoms with Crippen molar-refractivity contribution in [2.24, 2.45) is 0 Å². The number of nitrogens with zero attached hydrogens (tertiary/aromatic N) is 2. The van der Waals surface area contributed by atoms with E-state index in [-0.39, 0.29) is 5.91 Å². The molecule has 1 atom stereocenters. The van der Waals surface area contributed by atoms with Crippen LogP contribution in [0, 0.1) is 6.92 Å². The van der Waals surface area contributed by atoms with E-state index in [2.05, 4.69) is 15.5 Å². The molecule has 0 aliphatic carbocycles. The highest BCUT2D eigenvalue weighted by atomic mass is 16.5. The van der Waals surface area contributed by atoms with E-state index in [1.54, 1.807) is 31.2 Å². The largest absolute Gasteiger partial charge is 0.449 e. The summed E-state index contributed by atoms with van der Waals surface area (Å²) in [7, 11) is 0. The topological polar surface area (TPSA) is 94.3 Å². The fraction of sp³-hybridized carbons (Fsp3) is 0.273. The standard InChI is InChI=1S/C22H23N3O4/c1-4-13-23-19(26)15(3)28-22(27)18-11-9-17(10-12-18)21-25-24-20(29-21)16-7-5-14(2)6-8-16/h5-12,15H,4,13H2,1-3H3,(H,23,26). The number of carbonyl (C=O) groups excluding carboxylic acids is 2. The monoisotopic (exact) mass is 393 g/mol. The number of amides is 1. The number of esters is 1. The van der Waals surface area contributed by atoms with Gasteiger partial charge in [-0.05, 0) is 56.7 Å². The second-order valence-electron chi connectivity index (χ2n) is 6.69. The minimum absolute atomic E-state index is 0.314. The number of nitrogens with one attached hydrogen (secondary N) is 1. The summed E-state index contributed by atoms with van der Waals surface area (Å²) in [6.07, 6.45) is -0.0449. The minimum Gasteiger partial charge on any atom is -0.449 e. The van der Waals surface area contributed by atoms with E-state index in [0.717, 1.165) is 17.5 Å². The van der Waals surface area contributed by atoms with Crippen LogP contribution in [-0.4, -0.2) is 34.7 Å². The van der Waals surface area contributed by atoms with Gasteiger partial charge in [0.2, 0.25) is 11.8 Å². The van der Waals surface area contributed by atoms with Crippen LogP contribution in [0.4, 0.5) is 0 Å². The third-order valence-corrected chi connectivity index (χ3v) is 4.29. The summed E-state index contributed by atoms with van der Waals surface area (Å²) < 4.78 is 10.9. The summed E-state index contributed by atoms with van der Waals surface area (Å²) >= 11 is 0. The zero-order valence-corrected chi connectivity index (χ0v) is 16.6. The Morgan fingerprint density at radius 1 is 1.00 bits per heavy atom. The highest BCUT2D eigenvalue weighted by Crippen LogP contribution is 2.24. The van der Waals surface area contributed by atoms with E-state index in [9.17, 15) is 9.59 Å². The summed E-state index contributed by atoms with van der Waals surface area (Å²) in [5, 5.41) is 10.8. The normalized spacial score (nSPS) is 11.7. The van der Waals surface area contributed by atoms with Crippen molar-refractivity contribution in [1.82, 2.24) is 15.5 Å². The van der Waals surface area contributed by atoms with Gasteiger partial charge in [-0.1, -0.05) is 24.6 Å². The first-order valence-corrected chi connectivity index (χ1v) is 9.47. The predicted octanol–water partition coefficient (Wildman–Crippen LogP) is 3.78. The maximum atomic E-state index is 12.2. The van der Waals surface area contributed by atoms with Gasteiger partial charge >= 0.3 is 5.97 Å². The quantitative estimate of drug-likeness (QED) is 0.614. The van der Waals surface area contributed by atoms with Gasteiger partial charge in [0.15, 0.2) is 6.10 Å². The Balaban J connectivity index is 1.66. The van der Waals surface area contributed by atoms with E-state index in [4.69, 9.17) is 9.15 Å². The van der Waals surface area contributed by atoms with Crippen molar-refractivity contribution in [3.63, 3.8) is 0 Å². The number of rotatable bonds is 7. The Hall–Kier alpha value is -3.48. The molecule has 1 amide bonds. The highest BCUT2D eigenvalue weighted by Gasteiger charge is 2.19. The molecule has 3 rings (SSSR count). The Labute approximate surface area is 169 Å². The molecule has 7 heteroatoms. The molecule has 1 N–H and O–H groups in total. The van der Waals surface area contributed by atoms with Crippen LogP contribution < -0.4 is 5.32 Å². The first-order chi connectivity index (χ1) is 14.0. The first-order valence-electron chi connectivity index (χ1n) is 9.47. The smallest absolute Gasteiger partial charge is 0.338 e. The van der Waals surface area contributed by atoms with E-state index in [1.807, 2.05) is 38.1 Å². The Morgan fingerprint density at radius 2 is 1.55 bits per heavy atom. The second-order valence-corrected chi connectivity index (χ2v) is 6.69. The SMILES string of the molecule is CCCNC(=O)C(C)OC(=O)c1ccc(-c2nnc(-c3ccc(C)cc3)o2)cc1. The van der Waals surface area contributed by atoms with Crippen molar-refractivity contribution < 1.29 is 18.7 Å². The predicted molar refractivity (Wildman–Crippen MR) is 108 cm³/mol. The van der Waals surface area contributed by atoms with E-state index < -0.39 is 12.1 Å². The highest BCUT2D eigenvalue weighted by molar-refractivity contribution is 5.92. The van der Waals surface area contributed by atoms with Crippen molar-refractivity contribution in [3.05, 3.63) is 59.7 Å². The van der Waals surface area contributed by atoms with Crippen LogP contribution >= 0.6 is 0 Å². The molecule has 0 spiro atoms. The molecule has 7 nitrogen and oxygen atoms in total. The van der Waals surface area contributed by atoms with E-state index in [0.29, 0.717) is 29.5 Å². The van der Waals surface area contributed by atoms with Crippen LogP contribution in [0.5, 0.6) is 0 Å². The van der Waals surface area contributed by atoms with Gasteiger partial charge in [-0.3, -0.25) is 4.79 Å². The van der Waals surface area contributed by atoms with Gasteiger partial charge in [-0.15, -0.1) is 10.2 Å². The van der Waals surface area contributed by atoms with Crippen molar-refractivity contribution in [2.75, 3.05) is 6.54 Å². The van der Waals surface area contributed by atoms with Crippen molar-refractivity contribution in [3.8, 4) is 22.9 Å². The molecule has 0 radical (unpaired) electrons. The second kappa shape index (κ2) is 9.14. The molecule has 0 fully saturated rings. The molecule has 0 saturated carbocycles. The molecular weight excluding hydrogens is 370 g/mol. The number of aromatic nitrogens is 2. The Morgan fingerprint density at radius 3 is 2.10 bits per heavy atom. The number of carbonyl (C=O) groups is 2. The van der Waals surface area contributed by atoms with Crippen LogP contribution in [0.25, 0.3) is 22.9 Å². The Bertz CT molecular complexity index is 978. The molecule has 29 heavy (non-hydrogen) atoms. The number of hydrogen-bond acceptors (Lipinski definition) is 6. The van der Waals surface area contributed by atoms with Crippen molar-refractivity contribution >= 4 is 11.9 Å². The van der Waals surface area contributed by atoms with Crippen LogP contribution in [0.2, 0.25) is 0 Å². The minimum atomic E-state index is -0.860. The van der Waals surface area contributed by atoms with Gasteiger partial charge in [-0.25, -0.2) is 4.79 Å². The number of ether oxygens (including phenoxy) is 1. The lowest BCUT2D eigenvalue weighted by Gasteiger charge is -2.13. The maximum absolute atomic E-state index is 12.2. The summed E-state index contributed by atoms with van der Waals surface area (Å²) in [6.45, 7) is 6.05. The van der Waals surface area contributed by atoms with Gasteiger partial charge in [0.1, 0.15) is 0 Å². The van der Waals surface area contributed by atoms with Gasteiger partial charge in [-0.2, -0.15) is 0 Å². The van der Waals surface area contributed by atoms with Gasteiger partial charge in [0.05, 0.1) is 5.56 Å². The Kier molecular flexibility index (Phi) is 6.39. The molecule has 1 heterocycles. The number of benzene rings is 2. The third-order valence-electron chi connectivity index (χ3n) is 4.29. The molecule has 0 saturated heterocycles. The molecule has 0 aliphatic heterocycles. The summed E-state index contributed by atoms with van der Waals surface area (Å²) in [5.41, 5.74) is 3.00. The lowest BCUT2D eigenvalue weighted by molar-refractivity contribution is -0.129. The number of hydrogen-bond donors (Lipinski definition) is 1. The van der Waals surface area contributed by atoms with E-state index in [1.165, 1.54) is 0 Å². The first kappa shape index (κ1) is 20.3. The van der Waals surface area contributed by atoms with E-state index >= 15 is 0 Å². The number of aryl methyl sites for hydroxylation is 1. The van der Waals surface area contributed by atoms with Crippen molar-refractivity contribution in [1.29, 1.82) is 0 Å². The molecule has 2 aromatic carbocycles. The molecule has 150 valence electrons. The van der Waals surface area contributed by atoms with Crippen LogP contribution in [0.1, 0.15) is 36.2 Å². The van der Waals surface area contributed by atoms with Crippen molar-refractivity contribution in [2.45, 2.75) is 33.3 Å². The third kappa shape index (κ3) is 5.07. The molecule has 0 aliphatic rings. The van der Waals surface area contributed by atoms with Crippen LogP contribution in [0.3, 0.4) is 0 Å². The zero-order valence-electron chi connectivity index (χ0n) is 16.6. The van der Waals surface area contributed by atoms with Gasteiger partial charge in [0, 0.05) is 17.7 Å². The average Bonchev–Trinajstić information content (AvgIpc) is 3.22. The molecular formula is C22H23N3O4. The molecule has 0 bridgehead atoms. The summed E-state index contributed by atoms with van der Waals surface area (Å²) in [4.78, 5) is 24.1. The lowest BCUT2D eigenvalue weighted by atomic mass is 10.1. The van der Waals surface area contributed by atoms with Gasteiger partial charge < -0.3 is 14.5 Å². The fourth-order valence-electron chi connectivity index (χ4n) is 2.58. The molecule has 3 aromatic rings. The summed E-state index contributed by atoms with van der Waals surface area (Å²) in [5.74, 6) is -0.101. The zero-order chi connectivity index (χ0) is 20.8. The molecule has 1 aromatic heterocycles. The summed E-state index contributed by atoms with van der Waals surface area (Å²) in [6, 6.07) is 14.4.